The fourth-order valence-electron chi connectivity index (χ4n) is 3.28. The maximum absolute atomic E-state index is 2.35. The van der Waals surface area contributed by atoms with Gasteiger partial charge in [-0.2, -0.15) is 0 Å². The molecule has 0 aromatic heterocycles. The number of rotatable bonds is 16. The lowest BCUT2D eigenvalue weighted by atomic mass is 10.0. The summed E-state index contributed by atoms with van der Waals surface area (Å²) in [6.45, 7) is 7.21. The Morgan fingerprint density at radius 3 is 1.04 bits per heavy atom. The first-order chi connectivity index (χ1) is 13.1. The van der Waals surface area contributed by atoms with Crippen LogP contribution in [-0.4, -0.2) is 31.7 Å². The topological polar surface area (TPSA) is 0 Å². The molecule has 0 N–H and O–H groups in total. The molecule has 0 bridgehead atoms. The van der Waals surface area contributed by atoms with Crippen LogP contribution in [0.1, 0.15) is 104 Å². The Kier molecular flexibility index (Phi) is 19.3. The van der Waals surface area contributed by atoms with Gasteiger partial charge in [-0.3, -0.25) is 0 Å². The lowest BCUT2D eigenvalue weighted by Gasteiger charge is -2.28. The molecule has 158 valence electrons. The summed E-state index contributed by atoms with van der Waals surface area (Å²) in [4.78, 5) is 0. The zero-order valence-electron chi connectivity index (χ0n) is 19.2. The quantitative estimate of drug-likeness (QED) is 0.201. The highest BCUT2D eigenvalue weighted by molar-refractivity contribution is 4.99. The molecular formula is C26H50N+. The monoisotopic (exact) mass is 376 g/mol. The van der Waals surface area contributed by atoms with Crippen molar-refractivity contribution in [2.75, 3.05) is 27.2 Å². The summed E-state index contributed by atoms with van der Waals surface area (Å²) >= 11 is 0. The van der Waals surface area contributed by atoms with Gasteiger partial charge in [-0.25, -0.2) is 0 Å². The summed E-state index contributed by atoms with van der Waals surface area (Å²) in [6.07, 6.45) is 20.4. The summed E-state index contributed by atoms with van der Waals surface area (Å²) in [6, 6.07) is 12.0. The van der Waals surface area contributed by atoms with Gasteiger partial charge in [-0.05, 0) is 19.8 Å². The minimum absolute atomic E-state index is 1.19. The van der Waals surface area contributed by atoms with E-state index in [4.69, 9.17) is 0 Å². The second-order valence-corrected chi connectivity index (χ2v) is 8.73. The van der Waals surface area contributed by atoms with E-state index in [0.717, 1.165) is 0 Å². The number of quaternary nitrogens is 1. The third-order valence-corrected chi connectivity index (χ3v) is 5.64. The SMILES string of the molecule is CCCCCCCCCCCCCCCC[N+](C)(C)CC.c1ccccc1. The Labute approximate surface area is 172 Å². The van der Waals surface area contributed by atoms with Crippen LogP contribution < -0.4 is 0 Å². The molecule has 27 heavy (non-hydrogen) atoms. The van der Waals surface area contributed by atoms with Crippen LogP contribution in [0.25, 0.3) is 0 Å². The van der Waals surface area contributed by atoms with Crippen molar-refractivity contribution in [3.05, 3.63) is 36.4 Å². The van der Waals surface area contributed by atoms with Crippen LogP contribution in [0, 0.1) is 0 Å². The van der Waals surface area contributed by atoms with Crippen molar-refractivity contribution < 1.29 is 4.48 Å². The van der Waals surface area contributed by atoms with Crippen LogP contribution >= 0.6 is 0 Å². The van der Waals surface area contributed by atoms with Crippen molar-refractivity contribution in [3.63, 3.8) is 0 Å². The fourth-order valence-corrected chi connectivity index (χ4v) is 3.28. The molecule has 1 heteroatoms. The van der Waals surface area contributed by atoms with Crippen LogP contribution in [0.3, 0.4) is 0 Å². The average Bonchev–Trinajstić information content (AvgIpc) is 2.70. The minimum Gasteiger partial charge on any atom is -0.329 e. The molecule has 0 unspecified atom stereocenters. The van der Waals surface area contributed by atoms with Crippen molar-refractivity contribution in [3.8, 4) is 0 Å². The molecular weight excluding hydrogens is 326 g/mol. The predicted octanol–water partition coefficient (Wildman–Crippen LogP) is 8.25. The summed E-state index contributed by atoms with van der Waals surface area (Å²) < 4.78 is 1.19. The smallest absolute Gasteiger partial charge is 0.0782 e. The van der Waals surface area contributed by atoms with E-state index in [1.165, 1.54) is 107 Å². The number of benzene rings is 1. The molecule has 0 atom stereocenters. The van der Waals surface area contributed by atoms with E-state index in [-0.39, 0.29) is 0 Å². The third-order valence-electron chi connectivity index (χ3n) is 5.64. The van der Waals surface area contributed by atoms with E-state index in [9.17, 15) is 0 Å². The van der Waals surface area contributed by atoms with E-state index in [2.05, 4.69) is 27.9 Å². The summed E-state index contributed by atoms with van der Waals surface area (Å²) in [5, 5.41) is 0. The number of hydrogen-bond donors (Lipinski definition) is 0. The van der Waals surface area contributed by atoms with Gasteiger partial charge in [0.15, 0.2) is 0 Å². The normalized spacial score (nSPS) is 11.1. The van der Waals surface area contributed by atoms with E-state index in [0.29, 0.717) is 0 Å². The van der Waals surface area contributed by atoms with Crippen LogP contribution in [0.4, 0.5) is 0 Å². The highest BCUT2D eigenvalue weighted by Crippen LogP contribution is 2.13. The van der Waals surface area contributed by atoms with Crippen molar-refractivity contribution in [2.45, 2.75) is 104 Å². The van der Waals surface area contributed by atoms with Gasteiger partial charge in [-0.1, -0.05) is 120 Å². The Bertz CT molecular complexity index is 344. The van der Waals surface area contributed by atoms with E-state index < -0.39 is 0 Å². The first kappa shape index (κ1) is 26.2. The maximum Gasteiger partial charge on any atom is 0.0782 e. The molecule has 0 saturated carbocycles. The molecule has 0 aliphatic heterocycles. The molecule has 0 heterocycles. The van der Waals surface area contributed by atoms with Gasteiger partial charge in [0.1, 0.15) is 0 Å². The van der Waals surface area contributed by atoms with Crippen molar-refractivity contribution in [1.82, 2.24) is 0 Å². The van der Waals surface area contributed by atoms with Gasteiger partial charge >= 0.3 is 0 Å². The molecule has 1 nitrogen and oxygen atoms in total. The highest BCUT2D eigenvalue weighted by Gasteiger charge is 2.09. The second kappa shape index (κ2) is 19.9. The van der Waals surface area contributed by atoms with Crippen LogP contribution in [0.2, 0.25) is 0 Å². The molecule has 0 aliphatic carbocycles. The molecule has 1 aromatic rings. The Hall–Kier alpha value is -0.820. The molecule has 0 saturated heterocycles. The maximum atomic E-state index is 2.35. The standard InChI is InChI=1S/C20H44N.C6H6/c1-5-7-8-9-10-11-12-13-14-15-16-17-18-19-20-21(3,4)6-2;1-2-4-6-5-3-1/h5-20H2,1-4H3;1-6H/q+1;. The van der Waals surface area contributed by atoms with Gasteiger partial charge in [0.2, 0.25) is 0 Å². The number of unbranched alkanes of at least 4 members (excludes halogenated alkanes) is 13. The Morgan fingerprint density at radius 2 is 0.741 bits per heavy atom. The molecule has 1 rings (SSSR count). The first-order valence-corrected chi connectivity index (χ1v) is 11.9. The lowest BCUT2D eigenvalue weighted by molar-refractivity contribution is -0.888. The van der Waals surface area contributed by atoms with Gasteiger partial charge in [-0.15, -0.1) is 0 Å². The number of hydrogen-bond acceptors (Lipinski definition) is 0. The van der Waals surface area contributed by atoms with E-state index >= 15 is 0 Å². The molecule has 1 aromatic carbocycles. The van der Waals surface area contributed by atoms with Crippen molar-refractivity contribution >= 4 is 0 Å². The van der Waals surface area contributed by atoms with Crippen molar-refractivity contribution in [2.24, 2.45) is 0 Å². The fraction of sp³-hybridized carbons (Fsp3) is 0.769. The molecule has 0 fully saturated rings. The third kappa shape index (κ3) is 21.3. The molecule has 0 aliphatic rings. The zero-order chi connectivity index (χ0) is 20.1. The van der Waals surface area contributed by atoms with Gasteiger partial charge in [0.05, 0.1) is 27.2 Å². The summed E-state index contributed by atoms with van der Waals surface area (Å²) in [5.74, 6) is 0. The van der Waals surface area contributed by atoms with Gasteiger partial charge in [0.25, 0.3) is 0 Å². The minimum atomic E-state index is 1.19. The van der Waals surface area contributed by atoms with Gasteiger partial charge in [0, 0.05) is 0 Å². The average molecular weight is 377 g/mol. The first-order valence-electron chi connectivity index (χ1n) is 11.9. The van der Waals surface area contributed by atoms with E-state index in [1.54, 1.807) is 0 Å². The lowest BCUT2D eigenvalue weighted by Crippen LogP contribution is -2.39. The van der Waals surface area contributed by atoms with Crippen LogP contribution in [0.5, 0.6) is 0 Å². The van der Waals surface area contributed by atoms with Gasteiger partial charge < -0.3 is 4.48 Å². The Balaban J connectivity index is 0.000000941. The zero-order valence-corrected chi connectivity index (χ0v) is 19.2. The second-order valence-electron chi connectivity index (χ2n) is 8.73. The van der Waals surface area contributed by atoms with Crippen LogP contribution in [-0.2, 0) is 0 Å². The summed E-state index contributed by atoms with van der Waals surface area (Å²) in [5.41, 5.74) is 0. The molecule has 0 amide bonds. The predicted molar refractivity (Wildman–Crippen MR) is 124 cm³/mol. The molecule has 0 radical (unpaired) electrons. The van der Waals surface area contributed by atoms with E-state index in [1.807, 2.05) is 36.4 Å². The largest absolute Gasteiger partial charge is 0.329 e. The van der Waals surface area contributed by atoms with Crippen molar-refractivity contribution in [1.29, 1.82) is 0 Å². The number of nitrogens with zero attached hydrogens (tertiary/aromatic N) is 1. The Morgan fingerprint density at radius 1 is 0.444 bits per heavy atom. The highest BCUT2D eigenvalue weighted by atomic mass is 15.3. The van der Waals surface area contributed by atoms with Crippen LogP contribution in [0.15, 0.2) is 36.4 Å². The summed E-state index contributed by atoms with van der Waals surface area (Å²) in [7, 11) is 4.70. The molecule has 0 spiro atoms.